The van der Waals surface area contributed by atoms with E-state index in [0.29, 0.717) is 11.4 Å². The number of benzene rings is 3. The first-order chi connectivity index (χ1) is 14.2. The molecule has 0 radical (unpaired) electrons. The van der Waals surface area contributed by atoms with Gasteiger partial charge in [-0.25, -0.2) is 9.07 Å². The summed E-state index contributed by atoms with van der Waals surface area (Å²) in [5, 5.41) is 6.68. The van der Waals surface area contributed by atoms with Crippen LogP contribution in [0.3, 0.4) is 0 Å². The number of aromatic nitrogens is 3. The molecule has 5 rings (SSSR count). The second-order valence-corrected chi connectivity index (χ2v) is 6.98. The number of para-hydroxylation sites is 1. The number of ether oxygens (including phenoxy) is 1. The molecular weight excluding hydrogens is 365 g/mol. The van der Waals surface area contributed by atoms with E-state index in [4.69, 9.17) is 9.84 Å². The third-order valence-electron chi connectivity index (χ3n) is 5.10. The van der Waals surface area contributed by atoms with Gasteiger partial charge in [-0.2, -0.15) is 5.10 Å². The number of halogens is 1. The molecule has 2 heterocycles. The molecule has 0 unspecified atom stereocenters. The summed E-state index contributed by atoms with van der Waals surface area (Å²) in [6.07, 6.45) is 1.82. The molecule has 0 aliphatic carbocycles. The minimum atomic E-state index is -0.307. The Morgan fingerprint density at radius 1 is 0.931 bits per heavy atom. The molecule has 142 valence electrons. The first kappa shape index (κ1) is 17.4. The number of nitrogens with zero attached hydrogens (tertiary/aromatic N) is 3. The van der Waals surface area contributed by atoms with Gasteiger partial charge >= 0.3 is 0 Å². The van der Waals surface area contributed by atoms with Crippen molar-refractivity contribution in [2.24, 2.45) is 0 Å². The van der Waals surface area contributed by atoms with Crippen LogP contribution in [-0.4, -0.2) is 21.9 Å². The van der Waals surface area contributed by atoms with Gasteiger partial charge in [0.05, 0.1) is 18.3 Å². The maximum Gasteiger partial charge on any atom is 0.145 e. The lowest BCUT2D eigenvalue weighted by Crippen LogP contribution is -1.98. The van der Waals surface area contributed by atoms with Gasteiger partial charge in [-0.05, 0) is 31.2 Å². The Morgan fingerprint density at radius 2 is 1.72 bits per heavy atom. The molecule has 0 saturated heterocycles. The highest BCUT2D eigenvalue weighted by molar-refractivity contribution is 6.10. The van der Waals surface area contributed by atoms with Crippen molar-refractivity contribution < 1.29 is 9.13 Å². The van der Waals surface area contributed by atoms with Crippen LogP contribution in [0.2, 0.25) is 0 Å². The minimum absolute atomic E-state index is 0.307. The maximum absolute atomic E-state index is 14.0. The van der Waals surface area contributed by atoms with Gasteiger partial charge in [0.25, 0.3) is 0 Å². The second-order valence-electron chi connectivity index (χ2n) is 6.98. The Morgan fingerprint density at radius 3 is 2.48 bits per heavy atom. The molecule has 4 nitrogen and oxygen atoms in total. The molecule has 0 bridgehead atoms. The fourth-order valence-corrected chi connectivity index (χ4v) is 3.67. The van der Waals surface area contributed by atoms with Crippen LogP contribution in [0.1, 0.15) is 5.56 Å². The van der Waals surface area contributed by atoms with Crippen LogP contribution < -0.4 is 4.74 Å². The van der Waals surface area contributed by atoms with E-state index in [1.54, 1.807) is 17.9 Å². The molecule has 0 aliphatic rings. The zero-order chi connectivity index (χ0) is 20.0. The van der Waals surface area contributed by atoms with Crippen LogP contribution in [0.25, 0.3) is 38.8 Å². The number of hydrogen-bond acceptors (Lipinski definition) is 3. The van der Waals surface area contributed by atoms with Crippen LogP contribution in [0.5, 0.6) is 5.75 Å². The largest absolute Gasteiger partial charge is 0.494 e. The van der Waals surface area contributed by atoms with Crippen molar-refractivity contribution in [3.63, 3.8) is 0 Å². The lowest BCUT2D eigenvalue weighted by molar-refractivity contribution is 0.419. The summed E-state index contributed by atoms with van der Waals surface area (Å²) in [5.41, 5.74) is 5.24. The van der Waals surface area contributed by atoms with Crippen LogP contribution in [0, 0.1) is 12.7 Å². The van der Waals surface area contributed by atoms with Gasteiger partial charge in [-0.15, -0.1) is 0 Å². The van der Waals surface area contributed by atoms with Crippen LogP contribution in [0.4, 0.5) is 4.39 Å². The summed E-state index contributed by atoms with van der Waals surface area (Å²) in [6.45, 7) is 2.05. The average molecular weight is 383 g/mol. The molecule has 0 saturated carbocycles. The molecule has 5 heteroatoms. The Bertz CT molecular complexity index is 1360. The minimum Gasteiger partial charge on any atom is -0.494 e. The van der Waals surface area contributed by atoms with Gasteiger partial charge in [0.15, 0.2) is 0 Å². The molecule has 2 aromatic heterocycles. The van der Waals surface area contributed by atoms with Crippen molar-refractivity contribution in [2.75, 3.05) is 7.11 Å². The zero-order valence-electron chi connectivity index (χ0n) is 16.1. The van der Waals surface area contributed by atoms with E-state index in [9.17, 15) is 4.39 Å². The summed E-state index contributed by atoms with van der Waals surface area (Å²) in [5.74, 6) is 0.382. The van der Waals surface area contributed by atoms with Crippen molar-refractivity contribution in [1.82, 2.24) is 14.8 Å². The second kappa shape index (κ2) is 6.71. The summed E-state index contributed by atoms with van der Waals surface area (Å²) in [7, 11) is 1.63. The molecule has 3 aromatic carbocycles. The number of pyridine rings is 1. The van der Waals surface area contributed by atoms with Gasteiger partial charge in [-0.3, -0.25) is 4.98 Å². The first-order valence-corrected chi connectivity index (χ1v) is 9.33. The van der Waals surface area contributed by atoms with E-state index in [-0.39, 0.29) is 5.82 Å². The quantitative estimate of drug-likeness (QED) is 0.401. The molecule has 29 heavy (non-hydrogen) atoms. The summed E-state index contributed by atoms with van der Waals surface area (Å²) < 4.78 is 21.3. The number of hydrogen-bond donors (Lipinski definition) is 0. The molecule has 0 amide bonds. The Balaban J connectivity index is 1.91. The number of rotatable bonds is 3. The summed E-state index contributed by atoms with van der Waals surface area (Å²) in [4.78, 5) is 4.66. The van der Waals surface area contributed by atoms with E-state index < -0.39 is 0 Å². The van der Waals surface area contributed by atoms with Crippen molar-refractivity contribution in [1.29, 1.82) is 0 Å². The molecule has 0 spiro atoms. The maximum atomic E-state index is 14.0. The molecular formula is C24H18FN3O. The molecule has 0 N–H and O–H groups in total. The number of fused-ring (bicyclic) bond motifs is 3. The van der Waals surface area contributed by atoms with E-state index in [2.05, 4.69) is 24.0 Å². The Kier molecular flexibility index (Phi) is 4.02. The Labute approximate surface area is 167 Å². The SMILES string of the molecule is COc1cccc2c1ncc1c(-c3ccc(C)cc3)nn(-c3cccc(F)c3)c12. The molecule has 0 atom stereocenters. The lowest BCUT2D eigenvalue weighted by atomic mass is 10.1. The smallest absolute Gasteiger partial charge is 0.145 e. The first-order valence-electron chi connectivity index (χ1n) is 9.33. The van der Waals surface area contributed by atoms with E-state index >= 15 is 0 Å². The fourth-order valence-electron chi connectivity index (χ4n) is 3.67. The monoisotopic (exact) mass is 383 g/mol. The van der Waals surface area contributed by atoms with Crippen molar-refractivity contribution in [2.45, 2.75) is 6.92 Å². The van der Waals surface area contributed by atoms with Gasteiger partial charge < -0.3 is 4.74 Å². The standard InChI is InChI=1S/C24H18FN3O/c1-15-9-11-16(12-10-15)22-20-14-26-23-19(7-4-8-21(23)29-2)24(20)28(27-22)18-6-3-5-17(25)13-18/h3-14H,1-2H3. The zero-order valence-corrected chi connectivity index (χ0v) is 16.1. The van der Waals surface area contributed by atoms with Crippen LogP contribution >= 0.6 is 0 Å². The summed E-state index contributed by atoms with van der Waals surface area (Å²) >= 11 is 0. The molecule has 0 fully saturated rings. The van der Waals surface area contributed by atoms with Gasteiger partial charge in [0.1, 0.15) is 22.8 Å². The number of methoxy groups -OCH3 is 1. The predicted molar refractivity (Wildman–Crippen MR) is 113 cm³/mol. The average Bonchev–Trinajstić information content (AvgIpc) is 3.14. The van der Waals surface area contributed by atoms with E-state index in [0.717, 1.165) is 33.1 Å². The predicted octanol–water partition coefficient (Wildman–Crippen LogP) is 5.70. The topological polar surface area (TPSA) is 39.9 Å². The third-order valence-corrected chi connectivity index (χ3v) is 5.10. The highest BCUT2D eigenvalue weighted by Gasteiger charge is 2.18. The van der Waals surface area contributed by atoms with Gasteiger partial charge in [0.2, 0.25) is 0 Å². The third kappa shape index (κ3) is 2.83. The van der Waals surface area contributed by atoms with Gasteiger partial charge in [0, 0.05) is 22.5 Å². The van der Waals surface area contributed by atoms with E-state index in [1.807, 2.05) is 42.6 Å². The fraction of sp³-hybridized carbons (Fsp3) is 0.0833. The van der Waals surface area contributed by atoms with Crippen LogP contribution in [-0.2, 0) is 0 Å². The van der Waals surface area contributed by atoms with Crippen molar-refractivity contribution >= 4 is 21.8 Å². The highest BCUT2D eigenvalue weighted by atomic mass is 19.1. The lowest BCUT2D eigenvalue weighted by Gasteiger charge is -2.08. The Hall–Kier alpha value is -3.73. The van der Waals surface area contributed by atoms with E-state index in [1.165, 1.54) is 17.7 Å². The molecule has 0 aliphatic heterocycles. The highest BCUT2D eigenvalue weighted by Crippen LogP contribution is 2.36. The van der Waals surface area contributed by atoms with Gasteiger partial charge in [-0.1, -0.05) is 48.0 Å². The number of aryl methyl sites for hydroxylation is 1. The summed E-state index contributed by atoms with van der Waals surface area (Å²) in [6, 6.07) is 20.4. The van der Waals surface area contributed by atoms with Crippen molar-refractivity contribution in [3.8, 4) is 22.7 Å². The normalized spacial score (nSPS) is 11.3. The van der Waals surface area contributed by atoms with Crippen molar-refractivity contribution in [3.05, 3.63) is 84.3 Å². The molecule has 5 aromatic rings. The van der Waals surface area contributed by atoms with Crippen LogP contribution in [0.15, 0.2) is 72.9 Å².